The maximum Gasteiger partial charge on any atom is 0.316 e. The van der Waals surface area contributed by atoms with Crippen molar-refractivity contribution in [2.45, 2.75) is 38.4 Å². The van der Waals surface area contributed by atoms with Crippen molar-refractivity contribution in [2.24, 2.45) is 5.73 Å². The van der Waals surface area contributed by atoms with Gasteiger partial charge >= 0.3 is 6.03 Å². The molecule has 2 aromatic carbocycles. The van der Waals surface area contributed by atoms with Gasteiger partial charge in [0, 0.05) is 30.3 Å². The number of nitrogens with zero attached hydrogens (tertiary/aromatic N) is 1. The van der Waals surface area contributed by atoms with E-state index >= 15 is 0 Å². The largest absolute Gasteiger partial charge is 0.491 e. The molecule has 31 heavy (non-hydrogen) atoms. The first-order valence-corrected chi connectivity index (χ1v) is 10.9. The average molecular weight is 450 g/mol. The number of rotatable bonds is 7. The molecule has 1 atom stereocenters. The molecule has 1 heterocycles. The van der Waals surface area contributed by atoms with E-state index in [1.54, 1.807) is 36.4 Å². The Balaban J connectivity index is 0.00000166. The van der Waals surface area contributed by atoms with Crippen molar-refractivity contribution < 1.29 is 19.7 Å². The van der Waals surface area contributed by atoms with E-state index in [-0.39, 0.29) is 6.61 Å². The highest BCUT2D eigenvalue weighted by Crippen LogP contribution is 2.33. The number of anilines is 1. The van der Waals surface area contributed by atoms with Crippen LogP contribution in [0.3, 0.4) is 0 Å². The van der Waals surface area contributed by atoms with Crippen LogP contribution >= 0.6 is 11.6 Å². The minimum atomic E-state index is -0.858. The SMILES string of the molecule is CC.NC(=O)Nc1ccc(OCC(O)CN2CCC(O)(c3ccc(Cl)cc3)CC2)cc1. The fourth-order valence-electron chi connectivity index (χ4n) is 3.47. The van der Waals surface area contributed by atoms with Crippen molar-refractivity contribution >= 4 is 23.3 Å². The second kappa shape index (κ2) is 11.9. The number of carbonyl (C=O) groups excluding carboxylic acids is 1. The Bertz CT molecular complexity index is 807. The lowest BCUT2D eigenvalue weighted by Crippen LogP contribution is -2.46. The first kappa shape index (κ1) is 24.9. The minimum absolute atomic E-state index is 0.153. The molecule has 7 nitrogen and oxygen atoms in total. The number of nitrogens with two attached hydrogens (primary N) is 1. The van der Waals surface area contributed by atoms with Crippen molar-refractivity contribution in [3.8, 4) is 5.75 Å². The van der Waals surface area contributed by atoms with Crippen molar-refractivity contribution in [3.63, 3.8) is 0 Å². The van der Waals surface area contributed by atoms with Crippen LogP contribution in [-0.2, 0) is 5.60 Å². The molecular formula is C23H32ClN3O4. The summed E-state index contributed by atoms with van der Waals surface area (Å²) in [4.78, 5) is 12.9. The zero-order valence-corrected chi connectivity index (χ0v) is 18.8. The molecule has 1 saturated heterocycles. The third-order valence-electron chi connectivity index (χ3n) is 5.10. The maximum absolute atomic E-state index is 10.9. The van der Waals surface area contributed by atoms with Gasteiger partial charge in [0.15, 0.2) is 0 Å². The van der Waals surface area contributed by atoms with E-state index in [0.717, 1.165) is 5.56 Å². The zero-order chi connectivity index (χ0) is 22.9. The Morgan fingerprint density at radius 2 is 1.74 bits per heavy atom. The van der Waals surface area contributed by atoms with Crippen LogP contribution in [0.15, 0.2) is 48.5 Å². The number of nitrogens with one attached hydrogen (secondary N) is 1. The summed E-state index contributed by atoms with van der Waals surface area (Å²) in [5, 5.41) is 24.3. The fourth-order valence-corrected chi connectivity index (χ4v) is 3.60. The van der Waals surface area contributed by atoms with E-state index in [2.05, 4.69) is 10.2 Å². The van der Waals surface area contributed by atoms with Crippen molar-refractivity contribution in [1.29, 1.82) is 0 Å². The number of β-amino-alcohol motifs (C(OH)–C–C–N with tert-alkyl or cyclic N) is 1. The molecule has 3 rings (SSSR count). The van der Waals surface area contributed by atoms with Crippen molar-refractivity contribution in [2.75, 3.05) is 31.6 Å². The van der Waals surface area contributed by atoms with Gasteiger partial charge in [0.2, 0.25) is 0 Å². The Hall–Kier alpha value is -2.32. The Morgan fingerprint density at radius 3 is 2.29 bits per heavy atom. The van der Waals surface area contributed by atoms with Gasteiger partial charge in [-0.3, -0.25) is 0 Å². The van der Waals surface area contributed by atoms with E-state index < -0.39 is 17.7 Å². The summed E-state index contributed by atoms with van der Waals surface area (Å²) in [5.74, 6) is 0.592. The Labute approximate surface area is 188 Å². The van der Waals surface area contributed by atoms with Crippen LogP contribution in [-0.4, -0.2) is 53.5 Å². The summed E-state index contributed by atoms with van der Waals surface area (Å²) in [6, 6.07) is 13.4. The molecule has 0 spiro atoms. The molecule has 5 N–H and O–H groups in total. The molecule has 0 aliphatic carbocycles. The molecule has 0 radical (unpaired) electrons. The molecule has 1 fully saturated rings. The molecule has 0 saturated carbocycles. The number of amides is 2. The van der Waals surface area contributed by atoms with Gasteiger partial charge in [-0.25, -0.2) is 4.79 Å². The van der Waals surface area contributed by atoms with E-state index in [1.807, 2.05) is 26.0 Å². The number of hydrogen-bond acceptors (Lipinski definition) is 5. The summed E-state index contributed by atoms with van der Waals surface area (Å²) in [7, 11) is 0. The van der Waals surface area contributed by atoms with Gasteiger partial charge in [-0.15, -0.1) is 0 Å². The van der Waals surface area contributed by atoms with Gasteiger partial charge in [-0.05, 0) is 54.8 Å². The lowest BCUT2D eigenvalue weighted by atomic mass is 9.84. The number of urea groups is 1. The number of primary amides is 1. The van der Waals surface area contributed by atoms with Gasteiger partial charge in [0.05, 0.1) is 5.60 Å². The van der Waals surface area contributed by atoms with Gasteiger partial charge < -0.3 is 30.9 Å². The van der Waals surface area contributed by atoms with E-state index in [0.29, 0.717) is 48.9 Å². The molecule has 2 aromatic rings. The summed E-state index contributed by atoms with van der Waals surface area (Å²) in [6.45, 7) is 5.99. The van der Waals surface area contributed by atoms with E-state index in [4.69, 9.17) is 22.1 Å². The highest BCUT2D eigenvalue weighted by Gasteiger charge is 2.34. The number of aliphatic hydroxyl groups is 2. The quantitative estimate of drug-likeness (QED) is 0.516. The van der Waals surface area contributed by atoms with Gasteiger partial charge in [0.1, 0.15) is 18.5 Å². The third-order valence-corrected chi connectivity index (χ3v) is 5.35. The maximum atomic E-state index is 10.9. The molecule has 0 aromatic heterocycles. The number of likely N-dealkylation sites (tertiary alicyclic amines) is 1. The van der Waals surface area contributed by atoms with E-state index in [9.17, 15) is 15.0 Å². The molecule has 0 bridgehead atoms. The Kier molecular flexibility index (Phi) is 9.58. The average Bonchev–Trinajstić information content (AvgIpc) is 2.76. The van der Waals surface area contributed by atoms with Crippen LogP contribution in [0.25, 0.3) is 0 Å². The summed E-state index contributed by atoms with van der Waals surface area (Å²) in [6.07, 6.45) is 0.535. The van der Waals surface area contributed by atoms with Gasteiger partial charge in [-0.1, -0.05) is 37.6 Å². The number of carbonyl (C=O) groups is 1. The topological polar surface area (TPSA) is 108 Å². The second-order valence-electron chi connectivity index (χ2n) is 7.32. The lowest BCUT2D eigenvalue weighted by Gasteiger charge is -2.39. The number of aliphatic hydroxyl groups excluding tert-OH is 1. The molecule has 1 aliphatic heterocycles. The Morgan fingerprint density at radius 1 is 1.16 bits per heavy atom. The molecule has 8 heteroatoms. The number of benzene rings is 2. The summed E-state index contributed by atoms with van der Waals surface area (Å²) in [5.41, 5.74) is 5.66. The number of piperidine rings is 1. The third kappa shape index (κ3) is 7.70. The number of ether oxygens (including phenoxy) is 1. The predicted octanol–water partition coefficient (Wildman–Crippen LogP) is 3.58. The number of hydrogen-bond donors (Lipinski definition) is 4. The molecule has 2 amide bonds. The molecular weight excluding hydrogens is 418 g/mol. The normalized spacial score (nSPS) is 16.5. The predicted molar refractivity (Wildman–Crippen MR) is 124 cm³/mol. The van der Waals surface area contributed by atoms with Crippen molar-refractivity contribution in [1.82, 2.24) is 4.90 Å². The van der Waals surface area contributed by atoms with Crippen LogP contribution in [0.4, 0.5) is 10.5 Å². The minimum Gasteiger partial charge on any atom is -0.491 e. The summed E-state index contributed by atoms with van der Waals surface area (Å²) >= 11 is 5.93. The van der Waals surface area contributed by atoms with Crippen molar-refractivity contribution in [3.05, 3.63) is 59.1 Å². The fraction of sp³-hybridized carbons (Fsp3) is 0.435. The van der Waals surface area contributed by atoms with E-state index in [1.165, 1.54) is 0 Å². The smallest absolute Gasteiger partial charge is 0.316 e. The van der Waals surface area contributed by atoms with Crippen LogP contribution in [0.5, 0.6) is 5.75 Å². The molecule has 170 valence electrons. The zero-order valence-electron chi connectivity index (χ0n) is 18.1. The van der Waals surface area contributed by atoms with Crippen LogP contribution in [0.1, 0.15) is 32.3 Å². The standard InChI is InChI=1S/C21H26ClN3O4.C2H6/c22-16-3-1-15(2-4-16)21(28)9-11-25(12-10-21)13-18(26)14-29-19-7-5-17(6-8-19)24-20(23)27;1-2/h1-8,18,26,28H,9-14H2,(H3,23,24,27);1-2H3. The second-order valence-corrected chi connectivity index (χ2v) is 7.75. The van der Waals surface area contributed by atoms with Crippen LogP contribution in [0, 0.1) is 0 Å². The first-order valence-electron chi connectivity index (χ1n) is 10.5. The molecule has 1 unspecified atom stereocenters. The number of halogens is 1. The highest BCUT2D eigenvalue weighted by atomic mass is 35.5. The highest BCUT2D eigenvalue weighted by molar-refractivity contribution is 6.30. The monoisotopic (exact) mass is 449 g/mol. The first-order chi connectivity index (χ1) is 14.8. The van der Waals surface area contributed by atoms with Crippen LogP contribution in [0.2, 0.25) is 5.02 Å². The summed E-state index contributed by atoms with van der Waals surface area (Å²) < 4.78 is 5.61. The van der Waals surface area contributed by atoms with Crippen LogP contribution < -0.4 is 15.8 Å². The van der Waals surface area contributed by atoms with Gasteiger partial charge in [-0.2, -0.15) is 0 Å². The van der Waals surface area contributed by atoms with Gasteiger partial charge in [0.25, 0.3) is 0 Å². The molecule has 1 aliphatic rings. The lowest BCUT2D eigenvalue weighted by molar-refractivity contribution is -0.0372.